The average Bonchev–Trinajstić information content (AvgIpc) is 3.24. The first-order chi connectivity index (χ1) is 8.83. The molecule has 1 aliphatic carbocycles. The molecule has 0 atom stereocenters. The second-order valence-electron chi connectivity index (χ2n) is 5.93. The summed E-state index contributed by atoms with van der Waals surface area (Å²) in [7, 11) is 0. The maximum absolute atomic E-state index is 12.0. The number of rotatable bonds is 3. The molecule has 1 amide bonds. The van der Waals surface area contributed by atoms with E-state index in [0.29, 0.717) is 17.9 Å². The lowest BCUT2D eigenvalue weighted by molar-refractivity contribution is -0.133. The predicted molar refractivity (Wildman–Crippen MR) is 75.8 cm³/mol. The Kier molecular flexibility index (Phi) is 4.14. The number of thioether (sulfide) groups is 1. The molecule has 1 saturated carbocycles. The van der Waals surface area contributed by atoms with Crippen LogP contribution in [0.3, 0.4) is 0 Å². The fourth-order valence-electron chi connectivity index (χ4n) is 3.05. The number of carbonyl (C=O) groups is 1. The maximum atomic E-state index is 12.0. The molecular weight excluding hydrogens is 244 g/mol. The largest absolute Gasteiger partial charge is 0.342 e. The highest BCUT2D eigenvalue weighted by atomic mass is 32.2. The summed E-state index contributed by atoms with van der Waals surface area (Å²) in [6, 6.07) is 1.39. The van der Waals surface area contributed by atoms with Crippen molar-refractivity contribution in [3.63, 3.8) is 0 Å². The smallest absolute Gasteiger partial charge is 0.225 e. The highest BCUT2D eigenvalue weighted by molar-refractivity contribution is 7.99. The molecule has 0 aromatic heterocycles. The van der Waals surface area contributed by atoms with E-state index in [0.717, 1.165) is 44.8 Å². The zero-order chi connectivity index (χ0) is 12.4. The van der Waals surface area contributed by atoms with Crippen molar-refractivity contribution in [3.05, 3.63) is 0 Å². The van der Waals surface area contributed by atoms with Crippen LogP contribution in [-0.2, 0) is 4.79 Å². The molecule has 3 aliphatic rings. The van der Waals surface area contributed by atoms with Gasteiger partial charge >= 0.3 is 0 Å². The fraction of sp³-hybridized carbons (Fsp3) is 0.929. The van der Waals surface area contributed by atoms with Gasteiger partial charge in [0.2, 0.25) is 5.91 Å². The molecule has 0 unspecified atom stereocenters. The van der Waals surface area contributed by atoms with Gasteiger partial charge < -0.3 is 10.2 Å². The molecular formula is C14H24N2OS. The molecule has 1 N–H and O–H groups in total. The van der Waals surface area contributed by atoms with Gasteiger partial charge in [0.05, 0.1) is 0 Å². The molecule has 2 heterocycles. The third-order valence-electron chi connectivity index (χ3n) is 4.43. The van der Waals surface area contributed by atoms with Crippen molar-refractivity contribution in [2.24, 2.45) is 5.92 Å². The normalized spacial score (nSPS) is 27.4. The summed E-state index contributed by atoms with van der Waals surface area (Å²) in [5.41, 5.74) is 0. The molecule has 4 heteroatoms. The number of piperidine rings is 1. The number of amides is 1. The van der Waals surface area contributed by atoms with Crippen LogP contribution in [0.15, 0.2) is 0 Å². The minimum Gasteiger partial charge on any atom is -0.342 e. The van der Waals surface area contributed by atoms with Crippen LogP contribution in [0, 0.1) is 5.92 Å². The Bertz CT molecular complexity index is 292. The zero-order valence-electron chi connectivity index (χ0n) is 11.1. The van der Waals surface area contributed by atoms with Crippen molar-refractivity contribution in [2.75, 3.05) is 24.6 Å². The van der Waals surface area contributed by atoms with E-state index < -0.39 is 0 Å². The summed E-state index contributed by atoms with van der Waals surface area (Å²) in [5.74, 6) is 3.46. The molecule has 3 fully saturated rings. The van der Waals surface area contributed by atoms with Crippen molar-refractivity contribution < 1.29 is 4.79 Å². The van der Waals surface area contributed by atoms with Crippen LogP contribution in [0.5, 0.6) is 0 Å². The first-order valence-corrected chi connectivity index (χ1v) is 8.61. The topological polar surface area (TPSA) is 32.3 Å². The molecule has 3 nitrogen and oxygen atoms in total. The van der Waals surface area contributed by atoms with Gasteiger partial charge in [0.1, 0.15) is 0 Å². The number of likely N-dealkylation sites (tertiary alicyclic amines) is 1. The van der Waals surface area contributed by atoms with Crippen LogP contribution in [0.1, 0.15) is 38.5 Å². The van der Waals surface area contributed by atoms with Gasteiger partial charge in [-0.3, -0.25) is 4.79 Å². The van der Waals surface area contributed by atoms with Crippen molar-refractivity contribution in [3.8, 4) is 0 Å². The molecule has 2 aliphatic heterocycles. The van der Waals surface area contributed by atoms with E-state index in [9.17, 15) is 4.79 Å². The SMILES string of the molecule is O=C(C1CC1)N1CCC(NC2CCSCC2)CC1. The second-order valence-corrected chi connectivity index (χ2v) is 7.15. The number of hydrogen-bond donors (Lipinski definition) is 1. The second kappa shape index (κ2) is 5.83. The molecule has 0 aromatic rings. The average molecular weight is 268 g/mol. The monoisotopic (exact) mass is 268 g/mol. The van der Waals surface area contributed by atoms with E-state index in [-0.39, 0.29) is 0 Å². The van der Waals surface area contributed by atoms with Crippen LogP contribution in [0.25, 0.3) is 0 Å². The van der Waals surface area contributed by atoms with Crippen molar-refractivity contribution in [1.29, 1.82) is 0 Å². The number of hydrogen-bond acceptors (Lipinski definition) is 3. The summed E-state index contributed by atoms with van der Waals surface area (Å²) in [4.78, 5) is 14.1. The van der Waals surface area contributed by atoms with Crippen molar-refractivity contribution in [2.45, 2.75) is 50.6 Å². The molecule has 0 radical (unpaired) electrons. The van der Waals surface area contributed by atoms with E-state index in [4.69, 9.17) is 0 Å². The summed E-state index contributed by atoms with van der Waals surface area (Å²) >= 11 is 2.08. The van der Waals surface area contributed by atoms with Gasteiger partial charge in [-0.25, -0.2) is 0 Å². The lowest BCUT2D eigenvalue weighted by Gasteiger charge is -2.35. The number of carbonyl (C=O) groups excluding carboxylic acids is 1. The summed E-state index contributed by atoms with van der Waals surface area (Å²) in [6.45, 7) is 1.96. The van der Waals surface area contributed by atoms with Crippen molar-refractivity contribution >= 4 is 17.7 Å². The third-order valence-corrected chi connectivity index (χ3v) is 5.47. The number of nitrogens with one attached hydrogen (secondary N) is 1. The summed E-state index contributed by atoms with van der Waals surface area (Å²) < 4.78 is 0. The predicted octanol–water partition coefficient (Wildman–Crippen LogP) is 1.87. The number of nitrogens with zero attached hydrogens (tertiary/aromatic N) is 1. The summed E-state index contributed by atoms with van der Waals surface area (Å²) in [5, 5.41) is 3.81. The Hall–Kier alpha value is -0.220. The Labute approximate surface area is 114 Å². The Morgan fingerprint density at radius 1 is 0.944 bits per heavy atom. The minimum atomic E-state index is 0.393. The Balaban J connectivity index is 1.40. The molecule has 0 bridgehead atoms. The lowest BCUT2D eigenvalue weighted by atomic mass is 10.0. The highest BCUT2D eigenvalue weighted by Gasteiger charge is 2.35. The first kappa shape index (κ1) is 12.8. The standard InChI is InChI=1S/C14H24N2OS/c17-14(11-1-2-11)16-7-3-12(4-8-16)15-13-5-9-18-10-6-13/h11-13,15H,1-10H2. The van der Waals surface area contributed by atoms with Crippen LogP contribution in [0.4, 0.5) is 0 Å². The Morgan fingerprint density at radius 2 is 1.56 bits per heavy atom. The van der Waals surface area contributed by atoms with Crippen molar-refractivity contribution in [1.82, 2.24) is 10.2 Å². The molecule has 0 aromatic carbocycles. The molecule has 102 valence electrons. The van der Waals surface area contributed by atoms with E-state index in [1.165, 1.54) is 24.3 Å². The zero-order valence-corrected chi connectivity index (χ0v) is 11.9. The minimum absolute atomic E-state index is 0.393. The maximum Gasteiger partial charge on any atom is 0.225 e. The van der Waals surface area contributed by atoms with Gasteiger partial charge in [-0.1, -0.05) is 0 Å². The van der Waals surface area contributed by atoms with E-state index in [2.05, 4.69) is 22.0 Å². The van der Waals surface area contributed by atoms with E-state index in [1.54, 1.807) is 0 Å². The lowest BCUT2D eigenvalue weighted by Crippen LogP contribution is -2.48. The fourth-order valence-corrected chi connectivity index (χ4v) is 4.16. The van der Waals surface area contributed by atoms with Crippen LogP contribution >= 0.6 is 11.8 Å². The van der Waals surface area contributed by atoms with Crippen LogP contribution in [-0.4, -0.2) is 47.5 Å². The van der Waals surface area contributed by atoms with Gasteiger partial charge in [-0.2, -0.15) is 11.8 Å². The van der Waals surface area contributed by atoms with Gasteiger partial charge in [0, 0.05) is 31.1 Å². The van der Waals surface area contributed by atoms with Gasteiger partial charge in [-0.15, -0.1) is 0 Å². The van der Waals surface area contributed by atoms with Crippen LogP contribution in [0.2, 0.25) is 0 Å². The molecule has 0 spiro atoms. The molecule has 2 saturated heterocycles. The summed E-state index contributed by atoms with van der Waals surface area (Å²) in [6.07, 6.45) is 7.23. The van der Waals surface area contributed by atoms with Gasteiger partial charge in [0.15, 0.2) is 0 Å². The molecule has 18 heavy (non-hydrogen) atoms. The van der Waals surface area contributed by atoms with E-state index >= 15 is 0 Å². The van der Waals surface area contributed by atoms with Gasteiger partial charge in [-0.05, 0) is 50.0 Å². The van der Waals surface area contributed by atoms with Crippen LogP contribution < -0.4 is 5.32 Å². The molecule has 3 rings (SSSR count). The van der Waals surface area contributed by atoms with E-state index in [1.807, 2.05) is 0 Å². The highest BCUT2D eigenvalue weighted by Crippen LogP contribution is 2.32. The Morgan fingerprint density at radius 3 is 2.17 bits per heavy atom. The quantitative estimate of drug-likeness (QED) is 0.848. The first-order valence-electron chi connectivity index (χ1n) is 7.45. The van der Waals surface area contributed by atoms with Gasteiger partial charge in [0.25, 0.3) is 0 Å². The third kappa shape index (κ3) is 3.21.